The lowest BCUT2D eigenvalue weighted by molar-refractivity contribution is -0.119. The maximum Gasteiger partial charge on any atom is 0.227 e. The third kappa shape index (κ3) is 4.81. The highest BCUT2D eigenvalue weighted by Crippen LogP contribution is 2.21. The number of para-hydroxylation sites is 1. The van der Waals surface area contributed by atoms with E-state index in [2.05, 4.69) is 17.4 Å². The van der Waals surface area contributed by atoms with Gasteiger partial charge in [0.05, 0.1) is 6.54 Å². The second kappa shape index (κ2) is 8.70. The Bertz CT molecular complexity index is 597. The minimum atomic E-state index is 0. The summed E-state index contributed by atoms with van der Waals surface area (Å²) in [6, 6.07) is 20.1. The zero-order chi connectivity index (χ0) is 15.2. The van der Waals surface area contributed by atoms with E-state index in [4.69, 9.17) is 0 Å². The van der Waals surface area contributed by atoms with Gasteiger partial charge in [0.1, 0.15) is 0 Å². The smallest absolute Gasteiger partial charge is 0.227 e. The molecule has 1 atom stereocenters. The summed E-state index contributed by atoms with van der Waals surface area (Å²) >= 11 is 0. The van der Waals surface area contributed by atoms with Crippen molar-refractivity contribution < 1.29 is 4.79 Å². The fourth-order valence-electron chi connectivity index (χ4n) is 2.94. The summed E-state index contributed by atoms with van der Waals surface area (Å²) in [4.78, 5) is 14.7. The molecule has 1 saturated heterocycles. The summed E-state index contributed by atoms with van der Waals surface area (Å²) in [6.07, 6.45) is 1.72. The first kappa shape index (κ1) is 17.5. The zero-order valence-electron chi connectivity index (χ0n) is 13.2. The third-order valence-electron chi connectivity index (χ3n) is 4.18. The Hall–Kier alpha value is -1.84. The lowest BCUT2D eigenvalue weighted by Gasteiger charge is -2.24. The van der Waals surface area contributed by atoms with Crippen LogP contribution in [-0.4, -0.2) is 19.0 Å². The van der Waals surface area contributed by atoms with Gasteiger partial charge >= 0.3 is 0 Å². The Morgan fingerprint density at radius 2 is 1.70 bits per heavy atom. The SMILES string of the molecule is Cl.O=C(CC1CCNC1)N(Cc1ccccc1)c1ccccc1. The van der Waals surface area contributed by atoms with Crippen LogP contribution in [0.15, 0.2) is 60.7 Å². The number of hydrogen-bond donors (Lipinski definition) is 1. The maximum absolute atomic E-state index is 12.8. The molecule has 1 heterocycles. The normalized spacial score (nSPS) is 16.6. The molecule has 0 radical (unpaired) electrons. The standard InChI is InChI=1S/C19H22N2O.ClH/c22-19(13-17-11-12-20-14-17)21(18-9-5-2-6-10-18)15-16-7-3-1-4-8-16;/h1-10,17,20H,11-15H2;1H. The average Bonchev–Trinajstić information content (AvgIpc) is 3.07. The summed E-state index contributed by atoms with van der Waals surface area (Å²) < 4.78 is 0. The number of carbonyl (C=O) groups excluding carboxylic acids is 1. The van der Waals surface area contributed by atoms with E-state index >= 15 is 0 Å². The molecule has 1 N–H and O–H groups in total. The summed E-state index contributed by atoms with van der Waals surface area (Å²) in [5.41, 5.74) is 2.13. The van der Waals surface area contributed by atoms with Crippen molar-refractivity contribution in [2.45, 2.75) is 19.4 Å². The molecule has 0 aliphatic carbocycles. The van der Waals surface area contributed by atoms with Gasteiger partial charge in [0, 0.05) is 12.1 Å². The van der Waals surface area contributed by atoms with Gasteiger partial charge in [-0.3, -0.25) is 4.79 Å². The van der Waals surface area contributed by atoms with Crippen LogP contribution in [0.5, 0.6) is 0 Å². The van der Waals surface area contributed by atoms with E-state index < -0.39 is 0 Å². The number of hydrogen-bond acceptors (Lipinski definition) is 2. The number of nitrogens with one attached hydrogen (secondary N) is 1. The summed E-state index contributed by atoms with van der Waals surface area (Å²) in [5.74, 6) is 0.679. The van der Waals surface area contributed by atoms with Crippen LogP contribution in [-0.2, 0) is 11.3 Å². The second-order valence-electron chi connectivity index (χ2n) is 5.86. The first-order valence-electron chi connectivity index (χ1n) is 7.93. The number of benzene rings is 2. The van der Waals surface area contributed by atoms with Crippen LogP contribution in [0.4, 0.5) is 5.69 Å². The average molecular weight is 331 g/mol. The monoisotopic (exact) mass is 330 g/mol. The van der Waals surface area contributed by atoms with Gasteiger partial charge < -0.3 is 10.2 Å². The van der Waals surface area contributed by atoms with Gasteiger partial charge in [0.25, 0.3) is 0 Å². The topological polar surface area (TPSA) is 32.3 Å². The molecule has 4 heteroatoms. The predicted octanol–water partition coefficient (Wildman–Crippen LogP) is 3.64. The molecule has 3 rings (SSSR count). The van der Waals surface area contributed by atoms with Crippen molar-refractivity contribution in [3.05, 3.63) is 66.2 Å². The lowest BCUT2D eigenvalue weighted by Crippen LogP contribution is -2.32. The molecule has 0 aromatic heterocycles. The molecule has 3 nitrogen and oxygen atoms in total. The van der Waals surface area contributed by atoms with Gasteiger partial charge in [-0.1, -0.05) is 48.5 Å². The van der Waals surface area contributed by atoms with Gasteiger partial charge in [-0.15, -0.1) is 12.4 Å². The Morgan fingerprint density at radius 1 is 1.04 bits per heavy atom. The lowest BCUT2D eigenvalue weighted by atomic mass is 10.0. The van der Waals surface area contributed by atoms with Crippen LogP contribution in [0.2, 0.25) is 0 Å². The first-order chi connectivity index (χ1) is 10.8. The van der Waals surface area contributed by atoms with E-state index in [-0.39, 0.29) is 18.3 Å². The van der Waals surface area contributed by atoms with E-state index in [1.807, 2.05) is 53.4 Å². The Balaban J connectivity index is 0.00000192. The van der Waals surface area contributed by atoms with Crippen molar-refractivity contribution in [2.75, 3.05) is 18.0 Å². The number of anilines is 1. The Labute approximate surface area is 144 Å². The molecule has 2 aromatic carbocycles. The molecule has 0 saturated carbocycles. The molecular formula is C19H23ClN2O. The highest BCUT2D eigenvalue weighted by Gasteiger charge is 2.23. The Morgan fingerprint density at radius 3 is 2.30 bits per heavy atom. The van der Waals surface area contributed by atoms with E-state index in [1.165, 1.54) is 0 Å². The van der Waals surface area contributed by atoms with Crippen molar-refractivity contribution in [1.82, 2.24) is 5.32 Å². The first-order valence-corrected chi connectivity index (χ1v) is 7.93. The molecule has 0 spiro atoms. The van der Waals surface area contributed by atoms with Crippen LogP contribution >= 0.6 is 12.4 Å². The van der Waals surface area contributed by atoms with Crippen LogP contribution < -0.4 is 10.2 Å². The molecule has 1 aliphatic heterocycles. The molecular weight excluding hydrogens is 308 g/mol. The Kier molecular flexibility index (Phi) is 6.63. The predicted molar refractivity (Wildman–Crippen MR) is 96.9 cm³/mol. The van der Waals surface area contributed by atoms with Crippen molar-refractivity contribution in [1.29, 1.82) is 0 Å². The van der Waals surface area contributed by atoms with Gasteiger partial charge in [-0.2, -0.15) is 0 Å². The van der Waals surface area contributed by atoms with Crippen molar-refractivity contribution >= 4 is 24.0 Å². The largest absolute Gasteiger partial charge is 0.316 e. The van der Waals surface area contributed by atoms with Crippen LogP contribution in [0.3, 0.4) is 0 Å². The van der Waals surface area contributed by atoms with Crippen molar-refractivity contribution in [2.24, 2.45) is 5.92 Å². The number of halogens is 1. The molecule has 1 amide bonds. The number of rotatable bonds is 5. The molecule has 0 bridgehead atoms. The summed E-state index contributed by atoms with van der Waals surface area (Å²) in [5, 5.41) is 3.34. The molecule has 122 valence electrons. The third-order valence-corrected chi connectivity index (χ3v) is 4.18. The summed E-state index contributed by atoms with van der Waals surface area (Å²) in [6.45, 7) is 2.62. The van der Waals surface area contributed by atoms with Crippen molar-refractivity contribution in [3.8, 4) is 0 Å². The fourth-order valence-corrected chi connectivity index (χ4v) is 2.94. The van der Waals surface area contributed by atoms with E-state index in [0.717, 1.165) is 30.8 Å². The highest BCUT2D eigenvalue weighted by atomic mass is 35.5. The van der Waals surface area contributed by atoms with Crippen LogP contribution in [0, 0.1) is 5.92 Å². The molecule has 2 aromatic rings. The van der Waals surface area contributed by atoms with E-state index in [1.54, 1.807) is 0 Å². The molecule has 1 unspecified atom stereocenters. The second-order valence-corrected chi connectivity index (χ2v) is 5.86. The minimum absolute atomic E-state index is 0. The van der Waals surface area contributed by atoms with Gasteiger partial charge in [0.15, 0.2) is 0 Å². The van der Waals surface area contributed by atoms with Gasteiger partial charge in [-0.25, -0.2) is 0 Å². The molecule has 1 aliphatic rings. The fraction of sp³-hybridized carbons (Fsp3) is 0.316. The molecule has 23 heavy (non-hydrogen) atoms. The number of nitrogens with zero attached hydrogens (tertiary/aromatic N) is 1. The van der Waals surface area contributed by atoms with Gasteiger partial charge in [0.2, 0.25) is 5.91 Å². The minimum Gasteiger partial charge on any atom is -0.316 e. The van der Waals surface area contributed by atoms with Crippen molar-refractivity contribution in [3.63, 3.8) is 0 Å². The number of carbonyl (C=O) groups is 1. The highest BCUT2D eigenvalue weighted by molar-refractivity contribution is 5.93. The van der Waals surface area contributed by atoms with Gasteiger partial charge in [-0.05, 0) is 43.1 Å². The van der Waals surface area contributed by atoms with E-state index in [0.29, 0.717) is 18.9 Å². The van der Waals surface area contributed by atoms with Crippen LogP contribution in [0.1, 0.15) is 18.4 Å². The van der Waals surface area contributed by atoms with Crippen LogP contribution in [0.25, 0.3) is 0 Å². The maximum atomic E-state index is 12.8. The molecule has 1 fully saturated rings. The zero-order valence-corrected chi connectivity index (χ0v) is 14.0. The number of amides is 1. The summed E-state index contributed by atoms with van der Waals surface area (Å²) in [7, 11) is 0. The van der Waals surface area contributed by atoms with E-state index in [9.17, 15) is 4.79 Å². The quantitative estimate of drug-likeness (QED) is 0.907.